The first-order valence-corrected chi connectivity index (χ1v) is 11.2. The number of benzene rings is 3. The van der Waals surface area contributed by atoms with Gasteiger partial charge in [0.05, 0.1) is 33.5 Å². The van der Waals surface area contributed by atoms with Crippen molar-refractivity contribution < 1.29 is 17.9 Å². The normalized spacial score (nSPS) is 12.4. The molecule has 0 radical (unpaired) electrons. The highest BCUT2D eigenvalue weighted by Gasteiger charge is 2.31. The number of halogens is 3. The number of nitrogens with one attached hydrogen (secondary N) is 1. The Labute approximate surface area is 204 Å². The first kappa shape index (κ1) is 23.3. The van der Waals surface area contributed by atoms with Crippen LogP contribution in [0.3, 0.4) is 0 Å². The number of para-hydroxylation sites is 2. The highest BCUT2D eigenvalue weighted by Crippen LogP contribution is 2.31. The number of anilines is 2. The number of aromatic nitrogens is 4. The SMILES string of the molecule is CC(C)/N=c1\cc2n(-c3ccc(OC(F)(F)F)cc3)c3ccccc3nc-2cc1Nc1ncccn1. The average Bonchev–Trinajstić information content (AvgIpc) is 2.83. The molecule has 1 aliphatic carbocycles. The van der Waals surface area contributed by atoms with Crippen LogP contribution < -0.4 is 15.4 Å². The Hall–Kier alpha value is -4.47. The number of hydrogen-bond acceptors (Lipinski definition) is 6. The molecule has 0 saturated heterocycles. The zero-order valence-corrected chi connectivity index (χ0v) is 19.4. The van der Waals surface area contributed by atoms with E-state index in [1.807, 2.05) is 54.8 Å². The van der Waals surface area contributed by atoms with E-state index in [0.29, 0.717) is 28.4 Å². The highest BCUT2D eigenvalue weighted by molar-refractivity contribution is 5.84. The van der Waals surface area contributed by atoms with Crippen molar-refractivity contribution in [3.05, 3.63) is 84.5 Å². The van der Waals surface area contributed by atoms with Gasteiger partial charge < -0.3 is 14.6 Å². The summed E-state index contributed by atoms with van der Waals surface area (Å²) in [5, 5.41) is 3.89. The summed E-state index contributed by atoms with van der Waals surface area (Å²) in [6.07, 6.45) is -1.48. The van der Waals surface area contributed by atoms with Gasteiger partial charge in [0.25, 0.3) is 0 Å². The summed E-state index contributed by atoms with van der Waals surface area (Å²) in [6, 6.07) is 18.8. The van der Waals surface area contributed by atoms with E-state index in [9.17, 15) is 13.2 Å². The topological polar surface area (TPSA) is 77.2 Å². The Bertz CT molecular complexity index is 1550. The van der Waals surface area contributed by atoms with E-state index >= 15 is 0 Å². The Morgan fingerprint density at radius 1 is 0.944 bits per heavy atom. The summed E-state index contributed by atoms with van der Waals surface area (Å²) < 4.78 is 44.0. The first-order valence-electron chi connectivity index (χ1n) is 11.2. The summed E-state index contributed by atoms with van der Waals surface area (Å²) in [5.74, 6) is 0.130. The number of nitrogens with zero attached hydrogens (tertiary/aromatic N) is 5. The molecule has 5 rings (SSSR count). The predicted molar refractivity (Wildman–Crippen MR) is 130 cm³/mol. The van der Waals surface area contributed by atoms with Gasteiger partial charge in [-0.2, -0.15) is 0 Å². The third-order valence-corrected chi connectivity index (χ3v) is 5.24. The van der Waals surface area contributed by atoms with Crippen LogP contribution in [0.5, 0.6) is 5.75 Å². The lowest BCUT2D eigenvalue weighted by molar-refractivity contribution is -0.274. The molecule has 0 saturated carbocycles. The summed E-state index contributed by atoms with van der Waals surface area (Å²) in [7, 11) is 0. The molecule has 10 heteroatoms. The maximum Gasteiger partial charge on any atom is 0.573 e. The van der Waals surface area contributed by atoms with E-state index in [2.05, 4.69) is 20.0 Å². The molecule has 1 aliphatic heterocycles. The van der Waals surface area contributed by atoms with E-state index < -0.39 is 6.36 Å². The molecule has 0 atom stereocenters. The van der Waals surface area contributed by atoms with Gasteiger partial charge in [-0.25, -0.2) is 15.0 Å². The molecule has 0 unspecified atom stereocenters. The maximum atomic E-state index is 12.7. The van der Waals surface area contributed by atoms with Crippen molar-refractivity contribution in [2.75, 3.05) is 5.32 Å². The molecule has 182 valence electrons. The van der Waals surface area contributed by atoms with Gasteiger partial charge in [0, 0.05) is 24.1 Å². The standard InChI is InChI=1S/C26H21F3N6O/c1-16(2)32-21-15-24-22(14-20(21)34-25-30-12-5-13-31-25)33-19-6-3-4-7-23(19)35(24)17-8-10-18(11-9-17)36-26(27,28)29/h3-16H,1-2H3,(H,30,31,34)/b32-21+. The lowest BCUT2D eigenvalue weighted by Gasteiger charge is -2.20. The molecule has 1 aromatic heterocycles. The number of hydrogen-bond donors (Lipinski definition) is 1. The third kappa shape index (κ3) is 4.97. The first-order chi connectivity index (χ1) is 17.3. The molecular formula is C26H21F3N6O. The van der Waals surface area contributed by atoms with Gasteiger partial charge in [0.15, 0.2) is 0 Å². The van der Waals surface area contributed by atoms with Gasteiger partial charge in [0.1, 0.15) is 5.75 Å². The lowest BCUT2D eigenvalue weighted by Crippen LogP contribution is -2.17. The third-order valence-electron chi connectivity index (χ3n) is 5.24. The largest absolute Gasteiger partial charge is 0.573 e. The molecule has 0 spiro atoms. The minimum Gasteiger partial charge on any atom is -0.406 e. The van der Waals surface area contributed by atoms with Gasteiger partial charge in [-0.05, 0) is 68.4 Å². The van der Waals surface area contributed by atoms with Crippen LogP contribution in [0.2, 0.25) is 0 Å². The molecule has 0 fully saturated rings. The van der Waals surface area contributed by atoms with Crippen molar-refractivity contribution >= 4 is 22.7 Å². The number of fused-ring (bicyclic) bond motifs is 2. The molecule has 0 amide bonds. The van der Waals surface area contributed by atoms with Crippen molar-refractivity contribution in [1.29, 1.82) is 0 Å². The van der Waals surface area contributed by atoms with E-state index in [1.165, 1.54) is 12.1 Å². The van der Waals surface area contributed by atoms with Crippen LogP contribution in [-0.4, -0.2) is 31.9 Å². The smallest absolute Gasteiger partial charge is 0.406 e. The highest BCUT2D eigenvalue weighted by atomic mass is 19.4. The minimum atomic E-state index is -4.76. The van der Waals surface area contributed by atoms with Crippen LogP contribution in [0.4, 0.5) is 24.8 Å². The van der Waals surface area contributed by atoms with Gasteiger partial charge in [0.2, 0.25) is 5.95 Å². The summed E-state index contributed by atoms with van der Waals surface area (Å²) in [5.41, 5.74) is 4.23. The van der Waals surface area contributed by atoms with Crippen molar-refractivity contribution in [1.82, 2.24) is 19.5 Å². The van der Waals surface area contributed by atoms with Crippen LogP contribution >= 0.6 is 0 Å². The van der Waals surface area contributed by atoms with E-state index in [1.54, 1.807) is 30.6 Å². The lowest BCUT2D eigenvalue weighted by atomic mass is 10.1. The van der Waals surface area contributed by atoms with Crippen molar-refractivity contribution in [3.63, 3.8) is 0 Å². The van der Waals surface area contributed by atoms with Gasteiger partial charge in [-0.1, -0.05) is 12.1 Å². The zero-order valence-electron chi connectivity index (χ0n) is 19.4. The predicted octanol–water partition coefficient (Wildman–Crippen LogP) is 5.87. The van der Waals surface area contributed by atoms with Gasteiger partial charge in [-0.15, -0.1) is 13.2 Å². The number of rotatable bonds is 5. The molecule has 2 heterocycles. The molecule has 36 heavy (non-hydrogen) atoms. The van der Waals surface area contributed by atoms with Crippen LogP contribution in [0.15, 0.2) is 84.1 Å². The van der Waals surface area contributed by atoms with Crippen molar-refractivity contribution in [2.24, 2.45) is 4.99 Å². The zero-order chi connectivity index (χ0) is 25.3. The second kappa shape index (κ2) is 9.29. The summed E-state index contributed by atoms with van der Waals surface area (Å²) >= 11 is 0. The minimum absolute atomic E-state index is 0.000332. The van der Waals surface area contributed by atoms with Gasteiger partial charge in [-0.3, -0.25) is 4.99 Å². The molecule has 2 aliphatic rings. The molecule has 3 aromatic rings. The maximum absolute atomic E-state index is 12.7. The Morgan fingerprint density at radius 2 is 1.67 bits per heavy atom. The van der Waals surface area contributed by atoms with Crippen LogP contribution in [-0.2, 0) is 0 Å². The summed E-state index contributed by atoms with van der Waals surface area (Å²) in [4.78, 5) is 18.1. The second-order valence-electron chi connectivity index (χ2n) is 8.26. The van der Waals surface area contributed by atoms with E-state index in [4.69, 9.17) is 9.98 Å². The number of ether oxygens (including phenoxy) is 1. The Kier molecular flexibility index (Phi) is 6.01. The van der Waals surface area contributed by atoms with E-state index in [-0.39, 0.29) is 11.8 Å². The molecular weight excluding hydrogens is 469 g/mol. The Morgan fingerprint density at radius 3 is 2.36 bits per heavy atom. The fourth-order valence-corrected chi connectivity index (χ4v) is 3.89. The van der Waals surface area contributed by atoms with Gasteiger partial charge >= 0.3 is 6.36 Å². The molecule has 1 N–H and O–H groups in total. The monoisotopic (exact) mass is 490 g/mol. The van der Waals surface area contributed by atoms with Crippen LogP contribution in [0.1, 0.15) is 13.8 Å². The average molecular weight is 490 g/mol. The quantitative estimate of drug-likeness (QED) is 0.312. The fraction of sp³-hybridized carbons (Fsp3) is 0.154. The molecule has 2 aromatic carbocycles. The molecule has 0 bridgehead atoms. The number of alkyl halides is 3. The molecule has 7 nitrogen and oxygen atoms in total. The Balaban J connectivity index is 1.74. The van der Waals surface area contributed by atoms with Crippen LogP contribution in [0.25, 0.3) is 28.1 Å². The van der Waals surface area contributed by atoms with Crippen molar-refractivity contribution in [3.8, 4) is 22.8 Å². The second-order valence-corrected chi connectivity index (χ2v) is 8.26. The fourth-order valence-electron chi connectivity index (χ4n) is 3.89. The van der Waals surface area contributed by atoms with Crippen molar-refractivity contribution in [2.45, 2.75) is 26.3 Å². The summed E-state index contributed by atoms with van der Waals surface area (Å²) in [6.45, 7) is 3.94. The van der Waals surface area contributed by atoms with Crippen LogP contribution in [0, 0.1) is 0 Å². The van der Waals surface area contributed by atoms with E-state index in [0.717, 1.165) is 16.7 Å².